The molecule has 5 nitrogen and oxygen atoms in total. The average molecular weight is 427 g/mol. The van der Waals surface area contributed by atoms with Crippen molar-refractivity contribution in [1.82, 2.24) is 9.88 Å². The van der Waals surface area contributed by atoms with E-state index in [2.05, 4.69) is 17.9 Å². The molecule has 1 saturated heterocycles. The number of fused-ring (bicyclic) bond motifs is 2. The number of benzene rings is 1. The van der Waals surface area contributed by atoms with Crippen molar-refractivity contribution in [2.75, 3.05) is 36.8 Å². The number of nitrogens with two attached hydrogens (primary N) is 1. The van der Waals surface area contributed by atoms with Crippen molar-refractivity contribution < 1.29 is 4.79 Å². The predicted molar refractivity (Wildman–Crippen MR) is 120 cm³/mol. The van der Waals surface area contributed by atoms with E-state index in [1.165, 1.54) is 28.2 Å². The molecule has 0 bridgehead atoms. The van der Waals surface area contributed by atoms with Gasteiger partial charge >= 0.3 is 0 Å². The van der Waals surface area contributed by atoms with Crippen molar-refractivity contribution in [3.05, 3.63) is 51.0 Å². The van der Waals surface area contributed by atoms with Crippen LogP contribution in [0.1, 0.15) is 32.9 Å². The van der Waals surface area contributed by atoms with E-state index in [0.717, 1.165) is 53.3 Å². The van der Waals surface area contributed by atoms with Gasteiger partial charge in [-0.2, -0.15) is 0 Å². The van der Waals surface area contributed by atoms with Crippen LogP contribution < -0.4 is 10.6 Å². The zero-order valence-corrected chi connectivity index (χ0v) is 17.9. The predicted octanol–water partition coefficient (Wildman–Crippen LogP) is 4.29. The van der Waals surface area contributed by atoms with E-state index in [9.17, 15) is 4.79 Å². The summed E-state index contributed by atoms with van der Waals surface area (Å²) >= 11 is 7.61. The molecule has 1 fully saturated rings. The lowest BCUT2D eigenvalue weighted by molar-refractivity contribution is 0.0752. The number of anilines is 2. The van der Waals surface area contributed by atoms with E-state index in [4.69, 9.17) is 22.3 Å². The lowest BCUT2D eigenvalue weighted by Gasteiger charge is -2.36. The Morgan fingerprint density at radius 3 is 2.76 bits per heavy atom. The Labute approximate surface area is 179 Å². The summed E-state index contributed by atoms with van der Waals surface area (Å²) < 4.78 is 0. The molecular formula is C22H23ClN4OS. The van der Waals surface area contributed by atoms with E-state index in [0.29, 0.717) is 23.7 Å². The molecule has 7 heteroatoms. The summed E-state index contributed by atoms with van der Waals surface area (Å²) in [6, 6.07) is 8.10. The zero-order chi connectivity index (χ0) is 20.1. The van der Waals surface area contributed by atoms with Gasteiger partial charge in [0.15, 0.2) is 0 Å². The van der Waals surface area contributed by atoms with Crippen LogP contribution in [0.25, 0.3) is 10.2 Å². The van der Waals surface area contributed by atoms with Gasteiger partial charge < -0.3 is 15.5 Å². The first-order valence-corrected chi connectivity index (χ1v) is 11.2. The number of carbonyl (C=O) groups is 1. The number of pyridine rings is 1. The summed E-state index contributed by atoms with van der Waals surface area (Å²) in [5, 5.41) is 1.67. The number of piperazine rings is 1. The minimum atomic E-state index is 0.0214. The number of hydrogen-bond donors (Lipinski definition) is 1. The molecule has 150 valence electrons. The van der Waals surface area contributed by atoms with Crippen molar-refractivity contribution >= 4 is 50.4 Å². The lowest BCUT2D eigenvalue weighted by atomic mass is 10.1. The van der Waals surface area contributed by atoms with Crippen molar-refractivity contribution in [3.63, 3.8) is 0 Å². The van der Waals surface area contributed by atoms with Crippen molar-refractivity contribution in [2.45, 2.75) is 26.2 Å². The van der Waals surface area contributed by atoms with Crippen LogP contribution in [0.2, 0.25) is 5.02 Å². The number of nitrogen functional groups attached to an aromatic ring is 1. The van der Waals surface area contributed by atoms with E-state index in [1.807, 2.05) is 23.1 Å². The number of amides is 1. The molecular weight excluding hydrogens is 404 g/mol. The molecule has 2 N–H and O–H groups in total. The molecule has 3 heterocycles. The van der Waals surface area contributed by atoms with Gasteiger partial charge in [0.2, 0.25) is 0 Å². The standard InChI is InChI=1S/C22H23ClN4OS/c1-13-5-6-15(23)12-18(13)26-7-9-27(10-8-26)22(28)20-19(24)16-11-14-3-2-4-17(14)25-21(16)29-20/h5-6,11-12H,2-4,7-10,24H2,1H3. The Hall–Kier alpha value is -2.31. The summed E-state index contributed by atoms with van der Waals surface area (Å²) in [5.41, 5.74) is 11.8. The Bertz CT molecular complexity index is 1120. The molecule has 1 aromatic carbocycles. The highest BCUT2D eigenvalue weighted by Gasteiger charge is 2.27. The van der Waals surface area contributed by atoms with Crippen LogP contribution in [0.5, 0.6) is 0 Å². The van der Waals surface area contributed by atoms with E-state index >= 15 is 0 Å². The molecule has 0 spiro atoms. The Balaban J connectivity index is 1.36. The topological polar surface area (TPSA) is 62.5 Å². The first-order chi connectivity index (χ1) is 14.0. The maximum absolute atomic E-state index is 13.2. The van der Waals surface area contributed by atoms with Gasteiger partial charge in [0.05, 0.1) is 5.69 Å². The Morgan fingerprint density at radius 1 is 1.17 bits per heavy atom. The highest BCUT2D eigenvalue weighted by molar-refractivity contribution is 7.21. The van der Waals surface area contributed by atoms with Gasteiger partial charge in [-0.1, -0.05) is 17.7 Å². The van der Waals surface area contributed by atoms with E-state index in [-0.39, 0.29) is 5.91 Å². The third-order valence-electron chi connectivity index (χ3n) is 6.02. The van der Waals surface area contributed by atoms with Crippen LogP contribution in [-0.4, -0.2) is 42.0 Å². The highest BCUT2D eigenvalue weighted by Crippen LogP contribution is 2.36. The molecule has 0 radical (unpaired) electrons. The maximum atomic E-state index is 13.2. The van der Waals surface area contributed by atoms with E-state index < -0.39 is 0 Å². The molecule has 0 atom stereocenters. The molecule has 3 aromatic rings. The second-order valence-corrected chi connectivity index (χ2v) is 9.29. The molecule has 0 saturated carbocycles. The first-order valence-electron chi connectivity index (χ1n) is 10.0. The SMILES string of the molecule is Cc1ccc(Cl)cc1N1CCN(C(=O)c2sc3nc4c(cc3c2N)CCC4)CC1. The van der Waals surface area contributed by atoms with Crippen molar-refractivity contribution in [2.24, 2.45) is 0 Å². The minimum absolute atomic E-state index is 0.0214. The second kappa shape index (κ2) is 7.18. The summed E-state index contributed by atoms with van der Waals surface area (Å²) in [7, 11) is 0. The van der Waals surface area contributed by atoms with Crippen molar-refractivity contribution in [1.29, 1.82) is 0 Å². The summed E-state index contributed by atoms with van der Waals surface area (Å²) in [6.45, 7) is 4.99. The Morgan fingerprint density at radius 2 is 1.97 bits per heavy atom. The quantitative estimate of drug-likeness (QED) is 0.663. The average Bonchev–Trinajstić information content (AvgIpc) is 3.32. The highest BCUT2D eigenvalue weighted by atomic mass is 35.5. The number of rotatable bonds is 2. The fraction of sp³-hybridized carbons (Fsp3) is 0.364. The summed E-state index contributed by atoms with van der Waals surface area (Å²) in [4.78, 5) is 23.7. The minimum Gasteiger partial charge on any atom is -0.397 e. The van der Waals surface area contributed by atoms with E-state index in [1.54, 1.807) is 0 Å². The number of aromatic nitrogens is 1. The summed E-state index contributed by atoms with van der Waals surface area (Å²) in [5.74, 6) is 0.0214. The summed E-state index contributed by atoms with van der Waals surface area (Å²) in [6.07, 6.45) is 3.24. The van der Waals surface area contributed by atoms with Crippen molar-refractivity contribution in [3.8, 4) is 0 Å². The van der Waals surface area contributed by atoms with Crippen LogP contribution >= 0.6 is 22.9 Å². The monoisotopic (exact) mass is 426 g/mol. The largest absolute Gasteiger partial charge is 0.397 e. The number of aryl methyl sites for hydroxylation is 3. The van der Waals surface area contributed by atoms with Gasteiger partial charge in [-0.25, -0.2) is 4.98 Å². The van der Waals surface area contributed by atoms with Gasteiger partial charge in [0, 0.05) is 48.0 Å². The van der Waals surface area contributed by atoms with Gasteiger partial charge in [-0.15, -0.1) is 11.3 Å². The van der Waals surface area contributed by atoms with Crippen LogP contribution in [0.4, 0.5) is 11.4 Å². The fourth-order valence-corrected chi connectivity index (χ4v) is 5.60. The molecule has 2 aromatic heterocycles. The van der Waals surface area contributed by atoms with Crippen LogP contribution in [-0.2, 0) is 12.8 Å². The number of hydrogen-bond acceptors (Lipinski definition) is 5. The number of carbonyl (C=O) groups excluding carboxylic acids is 1. The third-order valence-corrected chi connectivity index (χ3v) is 7.36. The van der Waals surface area contributed by atoms with Gasteiger partial charge in [0.25, 0.3) is 5.91 Å². The maximum Gasteiger partial charge on any atom is 0.266 e. The van der Waals surface area contributed by atoms with Gasteiger partial charge in [-0.3, -0.25) is 4.79 Å². The van der Waals surface area contributed by atoms with Gasteiger partial charge in [-0.05, 0) is 55.5 Å². The normalized spacial score (nSPS) is 16.5. The second-order valence-electron chi connectivity index (χ2n) is 7.86. The molecule has 1 amide bonds. The molecule has 0 unspecified atom stereocenters. The third kappa shape index (κ3) is 3.24. The first kappa shape index (κ1) is 18.7. The smallest absolute Gasteiger partial charge is 0.266 e. The van der Waals surface area contributed by atoms with Crippen LogP contribution in [0, 0.1) is 6.92 Å². The molecule has 2 aliphatic rings. The van der Waals surface area contributed by atoms with Gasteiger partial charge in [0.1, 0.15) is 9.71 Å². The fourth-order valence-electron chi connectivity index (χ4n) is 4.37. The molecule has 5 rings (SSSR count). The molecule has 1 aliphatic carbocycles. The molecule has 29 heavy (non-hydrogen) atoms. The zero-order valence-electron chi connectivity index (χ0n) is 16.4. The van der Waals surface area contributed by atoms with Crippen LogP contribution in [0.15, 0.2) is 24.3 Å². The number of thiophene rings is 1. The number of halogens is 1. The molecule has 1 aliphatic heterocycles. The lowest BCUT2D eigenvalue weighted by Crippen LogP contribution is -2.49. The Kier molecular flexibility index (Phi) is 4.63. The van der Waals surface area contributed by atoms with Crippen LogP contribution in [0.3, 0.4) is 0 Å². The number of nitrogens with zero attached hydrogens (tertiary/aromatic N) is 3.